The zero-order chi connectivity index (χ0) is 15.9. The summed E-state index contributed by atoms with van der Waals surface area (Å²) in [6.07, 6.45) is 4.67. The van der Waals surface area contributed by atoms with E-state index in [0.29, 0.717) is 11.3 Å². The predicted molar refractivity (Wildman–Crippen MR) is 84.3 cm³/mol. The first kappa shape index (κ1) is 16.2. The molecule has 0 aromatic heterocycles. The van der Waals surface area contributed by atoms with Crippen LogP contribution in [-0.4, -0.2) is 42.1 Å². The third kappa shape index (κ3) is 4.41. The molecule has 2 rings (SSSR count). The van der Waals surface area contributed by atoms with Crippen LogP contribution in [0.3, 0.4) is 0 Å². The van der Waals surface area contributed by atoms with Crippen molar-refractivity contribution < 1.29 is 14.8 Å². The Balaban J connectivity index is 2.07. The number of nitrogens with zero attached hydrogens (tertiary/aromatic N) is 1. The van der Waals surface area contributed by atoms with E-state index in [1.807, 2.05) is 19.2 Å². The first-order valence-electron chi connectivity index (χ1n) is 7.30. The standard InChI is InChI=1S/C16H21N3O3/c1-19-10-4-6-13(11-19)16(21)17-14-7-3-2-5-12(14)8-9-15(20)18-22/h2-3,5,7-9,13,22H,4,6,10-11H2,1H3,(H,17,21)(H,18,20). The Kier molecular flexibility index (Phi) is 5.68. The van der Waals surface area contributed by atoms with E-state index in [9.17, 15) is 9.59 Å². The number of benzene rings is 1. The van der Waals surface area contributed by atoms with Gasteiger partial charge in [0, 0.05) is 18.3 Å². The van der Waals surface area contributed by atoms with E-state index in [4.69, 9.17) is 5.21 Å². The number of para-hydroxylation sites is 1. The molecule has 2 amide bonds. The lowest BCUT2D eigenvalue weighted by atomic mass is 9.97. The SMILES string of the molecule is CN1CCCC(C(=O)Nc2ccccc2C=CC(=O)NO)C1. The highest BCUT2D eigenvalue weighted by Crippen LogP contribution is 2.21. The molecule has 1 aromatic carbocycles. The smallest absolute Gasteiger partial charge is 0.267 e. The number of hydroxylamine groups is 1. The van der Waals surface area contributed by atoms with Gasteiger partial charge < -0.3 is 10.2 Å². The summed E-state index contributed by atoms with van der Waals surface area (Å²) < 4.78 is 0. The van der Waals surface area contributed by atoms with E-state index in [0.717, 1.165) is 25.9 Å². The monoisotopic (exact) mass is 303 g/mol. The summed E-state index contributed by atoms with van der Waals surface area (Å²) in [5.41, 5.74) is 2.90. The van der Waals surface area contributed by atoms with Gasteiger partial charge in [-0.25, -0.2) is 5.48 Å². The number of piperidine rings is 1. The van der Waals surface area contributed by atoms with Crippen molar-refractivity contribution in [3.05, 3.63) is 35.9 Å². The number of carbonyl (C=O) groups is 2. The molecule has 6 heteroatoms. The van der Waals surface area contributed by atoms with Crippen LogP contribution in [0.15, 0.2) is 30.3 Å². The van der Waals surface area contributed by atoms with Crippen LogP contribution < -0.4 is 10.8 Å². The molecule has 1 aromatic rings. The minimum Gasteiger partial charge on any atom is -0.325 e. The number of hydrogen-bond donors (Lipinski definition) is 3. The highest BCUT2D eigenvalue weighted by molar-refractivity contribution is 5.96. The first-order valence-corrected chi connectivity index (χ1v) is 7.30. The van der Waals surface area contributed by atoms with Crippen LogP contribution in [0, 0.1) is 5.92 Å². The molecule has 118 valence electrons. The predicted octanol–water partition coefficient (Wildman–Crippen LogP) is 1.49. The number of hydrogen-bond acceptors (Lipinski definition) is 4. The number of rotatable bonds is 4. The highest BCUT2D eigenvalue weighted by Gasteiger charge is 2.24. The molecule has 1 fully saturated rings. The summed E-state index contributed by atoms with van der Waals surface area (Å²) in [5, 5.41) is 11.4. The van der Waals surface area contributed by atoms with Gasteiger partial charge in [-0.15, -0.1) is 0 Å². The average Bonchev–Trinajstić information content (AvgIpc) is 2.53. The van der Waals surface area contributed by atoms with Crippen molar-refractivity contribution in [2.45, 2.75) is 12.8 Å². The molecular weight excluding hydrogens is 282 g/mol. The lowest BCUT2D eigenvalue weighted by Crippen LogP contribution is -2.38. The van der Waals surface area contributed by atoms with Crippen LogP contribution >= 0.6 is 0 Å². The van der Waals surface area contributed by atoms with Crippen molar-refractivity contribution in [2.24, 2.45) is 5.92 Å². The molecule has 0 bridgehead atoms. The zero-order valence-corrected chi connectivity index (χ0v) is 12.6. The van der Waals surface area contributed by atoms with Gasteiger partial charge in [0.25, 0.3) is 5.91 Å². The van der Waals surface area contributed by atoms with Crippen LogP contribution in [0.4, 0.5) is 5.69 Å². The van der Waals surface area contributed by atoms with E-state index < -0.39 is 5.91 Å². The molecule has 1 aliphatic rings. The summed E-state index contributed by atoms with van der Waals surface area (Å²) in [6, 6.07) is 7.23. The second-order valence-electron chi connectivity index (χ2n) is 5.49. The van der Waals surface area contributed by atoms with Crippen LogP contribution in [0.2, 0.25) is 0 Å². The van der Waals surface area contributed by atoms with Crippen molar-refractivity contribution in [1.29, 1.82) is 0 Å². The summed E-state index contributed by atoms with van der Waals surface area (Å²) >= 11 is 0. The first-order chi connectivity index (χ1) is 10.6. The maximum atomic E-state index is 12.4. The van der Waals surface area contributed by atoms with E-state index >= 15 is 0 Å². The molecule has 1 aliphatic heterocycles. The largest absolute Gasteiger partial charge is 0.325 e. The van der Waals surface area contributed by atoms with Crippen LogP contribution in [0.5, 0.6) is 0 Å². The summed E-state index contributed by atoms with van der Waals surface area (Å²) in [6.45, 7) is 1.79. The molecule has 1 unspecified atom stereocenters. The molecular formula is C16H21N3O3. The number of nitrogens with one attached hydrogen (secondary N) is 2. The topological polar surface area (TPSA) is 81.7 Å². The van der Waals surface area contributed by atoms with Crippen LogP contribution in [0.25, 0.3) is 6.08 Å². The lowest BCUT2D eigenvalue weighted by molar-refractivity contribution is -0.124. The Hall–Kier alpha value is -2.18. The molecule has 1 heterocycles. The average molecular weight is 303 g/mol. The molecule has 0 aliphatic carbocycles. The van der Waals surface area contributed by atoms with Gasteiger partial charge in [0.2, 0.25) is 5.91 Å². The summed E-state index contributed by atoms with van der Waals surface area (Å²) in [4.78, 5) is 25.6. The van der Waals surface area contributed by atoms with Gasteiger partial charge in [-0.3, -0.25) is 14.8 Å². The summed E-state index contributed by atoms with van der Waals surface area (Å²) in [5.74, 6) is -0.634. The third-order valence-electron chi connectivity index (χ3n) is 3.74. The Bertz CT molecular complexity index is 572. The second-order valence-corrected chi connectivity index (χ2v) is 5.49. The van der Waals surface area contributed by atoms with Gasteiger partial charge in [0.1, 0.15) is 0 Å². The third-order valence-corrected chi connectivity index (χ3v) is 3.74. The maximum absolute atomic E-state index is 12.4. The van der Waals surface area contributed by atoms with E-state index in [1.54, 1.807) is 18.2 Å². The van der Waals surface area contributed by atoms with Crippen molar-refractivity contribution in [1.82, 2.24) is 10.4 Å². The fourth-order valence-corrected chi connectivity index (χ4v) is 2.57. The second kappa shape index (κ2) is 7.72. The van der Waals surface area contributed by atoms with Gasteiger partial charge >= 0.3 is 0 Å². The maximum Gasteiger partial charge on any atom is 0.267 e. The zero-order valence-electron chi connectivity index (χ0n) is 12.6. The number of carbonyl (C=O) groups excluding carboxylic acids is 2. The fraction of sp³-hybridized carbons (Fsp3) is 0.375. The molecule has 0 spiro atoms. The van der Waals surface area contributed by atoms with Crippen molar-refractivity contribution in [3.8, 4) is 0 Å². The van der Waals surface area contributed by atoms with Gasteiger partial charge in [0.15, 0.2) is 0 Å². The van der Waals surface area contributed by atoms with E-state index in [1.165, 1.54) is 11.6 Å². The number of amides is 2. The summed E-state index contributed by atoms with van der Waals surface area (Å²) in [7, 11) is 2.02. The molecule has 3 N–H and O–H groups in total. The van der Waals surface area contributed by atoms with Gasteiger partial charge in [-0.1, -0.05) is 18.2 Å². The Morgan fingerprint density at radius 3 is 2.86 bits per heavy atom. The Morgan fingerprint density at radius 2 is 2.14 bits per heavy atom. The molecule has 22 heavy (non-hydrogen) atoms. The molecule has 1 saturated heterocycles. The van der Waals surface area contributed by atoms with E-state index in [2.05, 4.69) is 10.2 Å². The minimum absolute atomic E-state index is 0.000917. The highest BCUT2D eigenvalue weighted by atomic mass is 16.5. The van der Waals surface area contributed by atoms with Crippen molar-refractivity contribution in [3.63, 3.8) is 0 Å². The van der Waals surface area contributed by atoms with Crippen molar-refractivity contribution in [2.75, 3.05) is 25.5 Å². The Morgan fingerprint density at radius 1 is 1.36 bits per heavy atom. The quantitative estimate of drug-likeness (QED) is 0.447. The van der Waals surface area contributed by atoms with Crippen LogP contribution in [-0.2, 0) is 9.59 Å². The van der Waals surface area contributed by atoms with Crippen LogP contribution in [0.1, 0.15) is 18.4 Å². The number of likely N-dealkylation sites (tertiary alicyclic amines) is 1. The molecule has 0 saturated carbocycles. The fourth-order valence-electron chi connectivity index (χ4n) is 2.57. The lowest BCUT2D eigenvalue weighted by Gasteiger charge is -2.28. The van der Waals surface area contributed by atoms with Crippen molar-refractivity contribution >= 4 is 23.6 Å². The molecule has 0 radical (unpaired) electrons. The molecule has 6 nitrogen and oxygen atoms in total. The van der Waals surface area contributed by atoms with Gasteiger partial charge in [0.05, 0.1) is 5.92 Å². The molecule has 1 atom stereocenters. The Labute approximate surface area is 129 Å². The number of anilines is 1. The minimum atomic E-state index is -0.616. The van der Waals surface area contributed by atoms with Gasteiger partial charge in [-0.05, 0) is 44.1 Å². The normalized spacial score (nSPS) is 19.1. The van der Waals surface area contributed by atoms with E-state index in [-0.39, 0.29) is 11.8 Å². The van der Waals surface area contributed by atoms with Gasteiger partial charge in [-0.2, -0.15) is 0 Å².